The van der Waals surface area contributed by atoms with Gasteiger partial charge in [-0.2, -0.15) is 4.98 Å². The van der Waals surface area contributed by atoms with E-state index >= 15 is 0 Å². The van der Waals surface area contributed by atoms with Crippen molar-refractivity contribution in [3.8, 4) is 23.3 Å². The van der Waals surface area contributed by atoms with E-state index in [4.69, 9.17) is 26.8 Å². The third kappa shape index (κ3) is 9.95. The van der Waals surface area contributed by atoms with Crippen molar-refractivity contribution in [2.24, 2.45) is 0 Å². The second-order valence-electron chi connectivity index (χ2n) is 9.32. The molecule has 44 heavy (non-hydrogen) atoms. The smallest absolute Gasteiger partial charge is 0.328 e. The summed E-state index contributed by atoms with van der Waals surface area (Å²) in [5, 5.41) is 0. The molecule has 5 aromatic rings. The zero-order valence-corrected chi connectivity index (χ0v) is 28.1. The van der Waals surface area contributed by atoms with E-state index in [0.29, 0.717) is 40.3 Å². The number of halogens is 2. The molecule has 0 saturated carbocycles. The van der Waals surface area contributed by atoms with Gasteiger partial charge in [-0.25, -0.2) is 8.42 Å². The Hall–Kier alpha value is -4.17. The van der Waals surface area contributed by atoms with Gasteiger partial charge in [-0.3, -0.25) is 11.6 Å². The number of para-hydroxylation sites is 2. The van der Waals surface area contributed by atoms with Crippen molar-refractivity contribution < 1.29 is 27.1 Å². The molecule has 0 aliphatic heterocycles. The Bertz CT molecular complexity index is 1800. The number of nitrogens with two attached hydrogens (primary N) is 3. The Morgan fingerprint density at radius 1 is 0.750 bits per heavy atom. The standard InChI is InChI=1S/C11H10BrN3O.C11H9BrN2O.C9H12O3S/c12-9-6-7-10(13)15(14)11(9)16-8-4-2-1-3-5-8;12-9-6-7-10(13)14-11(9)15-8-4-2-1-3-5-8;1-6-4-7(2)9(8(3)5-6)13(10,11)12/h1-7,13H,14H2;1-7H,(H2,13,14);4-5H,1-3H3,(H,10,11,12). The molecular weight excluding hydrogens is 714 g/mol. The molecule has 0 bridgehead atoms. The molecule has 3 aromatic carbocycles. The normalized spacial score (nSPS) is 10.5. The fraction of sp³-hybridized carbons (Fsp3) is 0.0968. The van der Waals surface area contributed by atoms with Crippen molar-refractivity contribution in [1.29, 1.82) is 0 Å². The van der Waals surface area contributed by atoms with E-state index in [2.05, 4.69) is 36.8 Å². The molecule has 0 fully saturated rings. The highest BCUT2D eigenvalue weighted by atomic mass is 79.9. The number of aromatic nitrogens is 2. The van der Waals surface area contributed by atoms with Gasteiger partial charge in [-0.1, -0.05) is 58.8 Å². The Balaban J connectivity index is 0.000000181. The highest BCUT2D eigenvalue weighted by molar-refractivity contribution is 9.10. The molecule has 0 unspecified atom stereocenters. The first-order valence-corrected chi connectivity index (χ1v) is 15.9. The summed E-state index contributed by atoms with van der Waals surface area (Å²) >= 11 is 6.70. The number of nitrogen functional groups attached to an aromatic ring is 3. The average Bonchev–Trinajstić information content (AvgIpc) is 2.96. The fourth-order valence-electron chi connectivity index (χ4n) is 3.91. The maximum absolute atomic E-state index is 10.8. The van der Waals surface area contributed by atoms with Crippen LogP contribution in [0, 0.1) is 20.8 Å². The SMILES string of the molecule is Cc1cc(C)c(S(=O)(=O)[O-])c(C)c1.Nc1ccc(Br)c(Oc2ccccc2)[n+]1N.Nc1ccc(Br)c(Oc2ccccc2)n1. The molecule has 13 heteroatoms. The maximum Gasteiger partial charge on any atom is 0.328 e. The van der Waals surface area contributed by atoms with Gasteiger partial charge >= 0.3 is 5.88 Å². The number of hydrogen-bond donors (Lipinski definition) is 3. The summed E-state index contributed by atoms with van der Waals surface area (Å²) < 4.78 is 46.5. The van der Waals surface area contributed by atoms with Crippen LogP contribution in [0.25, 0.3) is 0 Å². The topological polar surface area (TPSA) is 170 Å². The highest BCUT2D eigenvalue weighted by Crippen LogP contribution is 2.28. The summed E-state index contributed by atoms with van der Waals surface area (Å²) in [6, 6.07) is 29.2. The molecule has 2 aromatic heterocycles. The monoisotopic (exact) mass is 743 g/mol. The van der Waals surface area contributed by atoms with Crippen LogP contribution < -0.4 is 31.5 Å². The number of hydrogen-bond acceptors (Lipinski definition) is 9. The van der Waals surface area contributed by atoms with Gasteiger partial charge in [0.05, 0.1) is 9.37 Å². The average molecular weight is 745 g/mol. The van der Waals surface area contributed by atoms with Gasteiger partial charge in [-0.05, 0) is 106 Å². The van der Waals surface area contributed by atoms with Crippen LogP contribution in [0.4, 0.5) is 11.6 Å². The van der Waals surface area contributed by atoms with Gasteiger partial charge < -0.3 is 19.8 Å². The quantitative estimate of drug-likeness (QED) is 0.102. The molecular formula is C31H31Br2N5O5S. The third-order valence-corrected chi connectivity index (χ3v) is 8.06. The van der Waals surface area contributed by atoms with Crippen molar-refractivity contribution in [3.05, 3.63) is 123 Å². The zero-order chi connectivity index (χ0) is 32.4. The van der Waals surface area contributed by atoms with Gasteiger partial charge in [0.2, 0.25) is 5.88 Å². The van der Waals surface area contributed by atoms with Crippen LogP contribution in [-0.2, 0) is 10.1 Å². The molecule has 0 spiro atoms. The predicted octanol–water partition coefficient (Wildman–Crippen LogP) is 6.56. The predicted molar refractivity (Wildman–Crippen MR) is 177 cm³/mol. The van der Waals surface area contributed by atoms with E-state index in [-0.39, 0.29) is 4.90 Å². The van der Waals surface area contributed by atoms with Crippen LogP contribution in [0.5, 0.6) is 23.3 Å². The van der Waals surface area contributed by atoms with Crippen LogP contribution in [0.3, 0.4) is 0 Å². The lowest BCUT2D eigenvalue weighted by atomic mass is 10.1. The molecule has 0 saturated heterocycles. The van der Waals surface area contributed by atoms with Crippen molar-refractivity contribution in [2.45, 2.75) is 25.7 Å². The van der Waals surface area contributed by atoms with Gasteiger partial charge in [0, 0.05) is 6.07 Å². The van der Waals surface area contributed by atoms with E-state index in [1.807, 2.05) is 67.6 Å². The van der Waals surface area contributed by atoms with Crippen molar-refractivity contribution in [3.63, 3.8) is 0 Å². The summed E-state index contributed by atoms with van der Waals surface area (Å²) in [7, 11) is -4.33. The van der Waals surface area contributed by atoms with Crippen molar-refractivity contribution in [2.75, 3.05) is 17.3 Å². The summed E-state index contributed by atoms with van der Waals surface area (Å²) in [6.45, 7) is 5.12. The van der Waals surface area contributed by atoms with E-state index in [1.54, 1.807) is 50.2 Å². The lowest BCUT2D eigenvalue weighted by Crippen LogP contribution is -2.48. The van der Waals surface area contributed by atoms with E-state index in [1.165, 1.54) is 4.68 Å². The first-order chi connectivity index (χ1) is 20.8. The number of ether oxygens (including phenoxy) is 2. The lowest BCUT2D eigenvalue weighted by Gasteiger charge is -2.14. The number of nitrogens with zero attached hydrogens (tertiary/aromatic N) is 2. The minimum atomic E-state index is -4.33. The Morgan fingerprint density at radius 2 is 1.25 bits per heavy atom. The minimum Gasteiger partial charge on any atom is -0.744 e. The molecule has 0 aliphatic carbocycles. The second kappa shape index (κ2) is 15.5. The molecule has 0 radical (unpaired) electrons. The highest BCUT2D eigenvalue weighted by Gasteiger charge is 2.15. The van der Waals surface area contributed by atoms with E-state index in [9.17, 15) is 13.0 Å². The zero-order valence-electron chi connectivity index (χ0n) is 24.1. The molecule has 0 amide bonds. The summed E-state index contributed by atoms with van der Waals surface area (Å²) in [4.78, 5) is 3.99. The molecule has 5 rings (SSSR count). The molecule has 0 aliphatic rings. The number of pyridine rings is 2. The number of rotatable bonds is 5. The third-order valence-electron chi connectivity index (χ3n) is 5.71. The van der Waals surface area contributed by atoms with Crippen molar-refractivity contribution in [1.82, 2.24) is 4.98 Å². The van der Waals surface area contributed by atoms with Gasteiger partial charge in [-0.15, -0.1) is 0 Å². The van der Waals surface area contributed by atoms with Crippen LogP contribution in [-0.4, -0.2) is 18.0 Å². The maximum atomic E-state index is 10.8. The summed E-state index contributed by atoms with van der Waals surface area (Å²) in [6.07, 6.45) is 0. The van der Waals surface area contributed by atoms with Crippen molar-refractivity contribution >= 4 is 53.6 Å². The molecule has 230 valence electrons. The van der Waals surface area contributed by atoms with Crippen LogP contribution in [0.15, 0.2) is 111 Å². The van der Waals surface area contributed by atoms with Gasteiger partial charge in [0.15, 0.2) is 0 Å². The second-order valence-corrected chi connectivity index (χ2v) is 12.3. The molecule has 2 heterocycles. The lowest BCUT2D eigenvalue weighted by molar-refractivity contribution is -0.629. The Labute approximate surface area is 273 Å². The van der Waals surface area contributed by atoms with Gasteiger partial charge in [0.1, 0.15) is 31.9 Å². The number of anilines is 2. The molecule has 0 atom stereocenters. The fourth-order valence-corrected chi connectivity index (χ4v) is 5.52. The summed E-state index contributed by atoms with van der Waals surface area (Å²) in [5.74, 6) is 9.00. The summed E-state index contributed by atoms with van der Waals surface area (Å²) in [5.41, 5.74) is 13.3. The van der Waals surface area contributed by atoms with Crippen LogP contribution in [0.2, 0.25) is 0 Å². The first-order valence-electron chi connectivity index (χ1n) is 12.9. The Morgan fingerprint density at radius 3 is 1.77 bits per heavy atom. The van der Waals surface area contributed by atoms with E-state index in [0.717, 1.165) is 20.3 Å². The number of aryl methyl sites for hydroxylation is 3. The van der Waals surface area contributed by atoms with Crippen LogP contribution >= 0.6 is 31.9 Å². The molecule has 10 nitrogen and oxygen atoms in total. The van der Waals surface area contributed by atoms with Gasteiger partial charge in [0.25, 0.3) is 5.82 Å². The minimum absolute atomic E-state index is 0.0851. The molecule has 6 N–H and O–H groups in total. The Kier molecular flexibility index (Phi) is 12.1. The van der Waals surface area contributed by atoms with Crippen LogP contribution in [0.1, 0.15) is 16.7 Å². The number of benzene rings is 3. The first kappa shape index (κ1) is 34.3. The largest absolute Gasteiger partial charge is 0.744 e. The van der Waals surface area contributed by atoms with E-state index < -0.39 is 10.1 Å².